The number of carbonyl (C=O) groups is 1. The Morgan fingerprint density at radius 3 is 2.22 bits per heavy atom. The van der Waals surface area contributed by atoms with Crippen LogP contribution in [-0.4, -0.2) is 18.7 Å². The summed E-state index contributed by atoms with van der Waals surface area (Å²) in [4.78, 5) is 12.1. The van der Waals surface area contributed by atoms with E-state index < -0.39 is 5.60 Å². The fraction of sp³-hybridized carbons (Fsp3) is 0.278. The molecule has 0 amide bonds. The fourth-order valence-corrected chi connectivity index (χ4v) is 2.43. The lowest BCUT2D eigenvalue weighted by Gasteiger charge is -2.19. The van der Waals surface area contributed by atoms with Crippen LogP contribution in [0, 0.1) is 0 Å². The molecule has 0 aliphatic heterocycles. The number of carbonyl (C=O) groups excluding carboxylic acids is 1. The van der Waals surface area contributed by atoms with Gasteiger partial charge in [-0.25, -0.2) is 4.79 Å². The number of nitrogens with two attached hydrogens (primary N) is 1. The molecular weight excluding hydrogens is 314 g/mol. The van der Waals surface area contributed by atoms with Gasteiger partial charge in [-0.1, -0.05) is 23.7 Å². The van der Waals surface area contributed by atoms with E-state index in [-0.39, 0.29) is 5.97 Å². The zero-order valence-corrected chi connectivity index (χ0v) is 14.4. The van der Waals surface area contributed by atoms with Crippen LogP contribution in [0.15, 0.2) is 36.4 Å². The van der Waals surface area contributed by atoms with E-state index in [0.717, 1.165) is 5.56 Å². The molecule has 0 radical (unpaired) electrons. The van der Waals surface area contributed by atoms with Gasteiger partial charge in [-0.15, -0.1) is 0 Å². The van der Waals surface area contributed by atoms with Crippen molar-refractivity contribution in [3.63, 3.8) is 0 Å². The van der Waals surface area contributed by atoms with Gasteiger partial charge in [0, 0.05) is 5.56 Å². The molecule has 0 spiro atoms. The molecular formula is C18H20ClNO3. The molecule has 122 valence electrons. The summed E-state index contributed by atoms with van der Waals surface area (Å²) in [6.07, 6.45) is 0. The van der Waals surface area contributed by atoms with Gasteiger partial charge in [0.1, 0.15) is 5.60 Å². The number of hydrogen-bond acceptors (Lipinski definition) is 4. The van der Waals surface area contributed by atoms with E-state index in [0.29, 0.717) is 27.6 Å². The lowest BCUT2D eigenvalue weighted by molar-refractivity contribution is 0.00696. The van der Waals surface area contributed by atoms with Gasteiger partial charge in [0.15, 0.2) is 5.75 Å². The Bertz CT molecular complexity index is 718. The molecule has 2 rings (SSSR count). The van der Waals surface area contributed by atoms with Crippen LogP contribution in [0.1, 0.15) is 31.1 Å². The summed E-state index contributed by atoms with van der Waals surface area (Å²) in [6.45, 7) is 5.49. The molecule has 2 N–H and O–H groups in total. The first-order valence-electron chi connectivity index (χ1n) is 7.18. The molecule has 0 saturated carbocycles. The molecule has 2 aromatic rings. The number of ether oxygens (including phenoxy) is 2. The third-order valence-corrected chi connectivity index (χ3v) is 3.46. The largest absolute Gasteiger partial charge is 0.494 e. The summed E-state index contributed by atoms with van der Waals surface area (Å²) in [5.41, 5.74) is 7.88. The molecule has 0 aromatic heterocycles. The topological polar surface area (TPSA) is 61.5 Å². The predicted octanol–water partition coefficient (Wildman–Crippen LogP) is 4.55. The number of anilines is 1. The van der Waals surface area contributed by atoms with Gasteiger partial charge >= 0.3 is 5.97 Å². The number of rotatable bonds is 3. The summed E-state index contributed by atoms with van der Waals surface area (Å²) in [5, 5.41) is 0.529. The highest BCUT2D eigenvalue weighted by Gasteiger charge is 2.19. The molecule has 0 heterocycles. The van der Waals surface area contributed by atoms with Crippen LogP contribution in [0.25, 0.3) is 11.1 Å². The van der Waals surface area contributed by atoms with Crippen molar-refractivity contribution in [2.24, 2.45) is 0 Å². The van der Waals surface area contributed by atoms with Crippen LogP contribution in [-0.2, 0) is 4.74 Å². The van der Waals surface area contributed by atoms with Crippen LogP contribution in [0.3, 0.4) is 0 Å². The molecule has 0 atom stereocenters. The fourth-order valence-electron chi connectivity index (χ4n) is 2.17. The Hall–Kier alpha value is -2.20. The summed E-state index contributed by atoms with van der Waals surface area (Å²) in [5.74, 6) is 0.150. The standard InChI is InChI=1S/C18H20ClNO3/c1-18(2,3)23-17(21)12-7-5-11(6-8-12)15-13(19)9-10-14(20)16(15)22-4/h5-10H,20H2,1-4H3. The van der Waals surface area contributed by atoms with Crippen molar-refractivity contribution in [2.45, 2.75) is 26.4 Å². The van der Waals surface area contributed by atoms with Crippen LogP contribution >= 0.6 is 11.6 Å². The van der Waals surface area contributed by atoms with Gasteiger partial charge in [0.05, 0.1) is 23.4 Å². The predicted molar refractivity (Wildman–Crippen MR) is 93.0 cm³/mol. The van der Waals surface area contributed by atoms with Crippen LogP contribution < -0.4 is 10.5 Å². The maximum absolute atomic E-state index is 12.1. The molecule has 0 bridgehead atoms. The summed E-state index contributed by atoms with van der Waals surface area (Å²) in [6, 6.07) is 10.4. The van der Waals surface area contributed by atoms with Gasteiger partial charge in [-0.2, -0.15) is 0 Å². The van der Waals surface area contributed by atoms with Gasteiger partial charge in [0.25, 0.3) is 0 Å². The quantitative estimate of drug-likeness (QED) is 0.661. The Kier molecular flexibility index (Phi) is 4.85. The minimum atomic E-state index is -0.532. The average Bonchev–Trinajstić information content (AvgIpc) is 2.47. The minimum absolute atomic E-state index is 0.366. The lowest BCUT2D eigenvalue weighted by atomic mass is 10.0. The lowest BCUT2D eigenvalue weighted by Crippen LogP contribution is -2.23. The zero-order chi connectivity index (χ0) is 17.2. The highest BCUT2D eigenvalue weighted by Crippen LogP contribution is 2.40. The van der Waals surface area contributed by atoms with Crippen molar-refractivity contribution in [1.29, 1.82) is 0 Å². The van der Waals surface area contributed by atoms with Crippen molar-refractivity contribution in [2.75, 3.05) is 12.8 Å². The third-order valence-electron chi connectivity index (χ3n) is 3.15. The average molecular weight is 334 g/mol. The monoisotopic (exact) mass is 333 g/mol. The van der Waals surface area contributed by atoms with Crippen molar-refractivity contribution in [1.82, 2.24) is 0 Å². The summed E-state index contributed by atoms with van der Waals surface area (Å²) >= 11 is 6.28. The SMILES string of the molecule is COc1c(N)ccc(Cl)c1-c1ccc(C(=O)OC(C)(C)C)cc1. The Morgan fingerprint density at radius 1 is 1.09 bits per heavy atom. The molecule has 0 aliphatic carbocycles. The minimum Gasteiger partial charge on any atom is -0.494 e. The molecule has 0 unspecified atom stereocenters. The Labute approximate surface area is 141 Å². The van der Waals surface area contributed by atoms with Crippen LogP contribution in [0.4, 0.5) is 5.69 Å². The van der Waals surface area contributed by atoms with Gasteiger partial charge < -0.3 is 15.2 Å². The van der Waals surface area contributed by atoms with E-state index in [1.54, 1.807) is 43.5 Å². The molecule has 2 aromatic carbocycles. The second-order valence-electron chi connectivity index (χ2n) is 6.12. The van der Waals surface area contributed by atoms with Gasteiger partial charge in [0.2, 0.25) is 0 Å². The van der Waals surface area contributed by atoms with Gasteiger partial charge in [-0.05, 0) is 50.6 Å². The van der Waals surface area contributed by atoms with E-state index in [1.807, 2.05) is 20.8 Å². The molecule has 23 heavy (non-hydrogen) atoms. The molecule has 5 heteroatoms. The molecule has 4 nitrogen and oxygen atoms in total. The maximum atomic E-state index is 12.1. The van der Waals surface area contributed by atoms with Crippen LogP contribution in [0.5, 0.6) is 5.75 Å². The number of methoxy groups -OCH3 is 1. The first kappa shape index (κ1) is 17.2. The van der Waals surface area contributed by atoms with E-state index in [9.17, 15) is 4.79 Å². The molecule has 0 aliphatic rings. The van der Waals surface area contributed by atoms with E-state index in [2.05, 4.69) is 0 Å². The maximum Gasteiger partial charge on any atom is 0.338 e. The van der Waals surface area contributed by atoms with Crippen molar-refractivity contribution in [3.8, 4) is 16.9 Å². The van der Waals surface area contributed by atoms with Crippen molar-refractivity contribution in [3.05, 3.63) is 47.0 Å². The van der Waals surface area contributed by atoms with Crippen molar-refractivity contribution < 1.29 is 14.3 Å². The number of nitrogen functional groups attached to an aromatic ring is 1. The summed E-state index contributed by atoms with van der Waals surface area (Å²) in [7, 11) is 1.54. The Balaban J connectivity index is 2.38. The highest BCUT2D eigenvalue weighted by molar-refractivity contribution is 6.34. The second-order valence-corrected chi connectivity index (χ2v) is 6.53. The normalized spacial score (nSPS) is 11.2. The first-order chi connectivity index (χ1) is 10.7. The number of halogens is 1. The van der Waals surface area contributed by atoms with Gasteiger partial charge in [-0.3, -0.25) is 0 Å². The number of esters is 1. The van der Waals surface area contributed by atoms with Crippen molar-refractivity contribution >= 4 is 23.3 Å². The molecule has 0 fully saturated rings. The highest BCUT2D eigenvalue weighted by atomic mass is 35.5. The third kappa shape index (κ3) is 3.96. The summed E-state index contributed by atoms with van der Waals surface area (Å²) < 4.78 is 10.7. The number of benzene rings is 2. The molecule has 0 saturated heterocycles. The number of hydrogen-bond donors (Lipinski definition) is 1. The van der Waals surface area contributed by atoms with E-state index >= 15 is 0 Å². The zero-order valence-electron chi connectivity index (χ0n) is 13.6. The Morgan fingerprint density at radius 2 is 1.70 bits per heavy atom. The van der Waals surface area contributed by atoms with E-state index in [4.69, 9.17) is 26.8 Å². The smallest absolute Gasteiger partial charge is 0.338 e. The first-order valence-corrected chi connectivity index (χ1v) is 7.56. The van der Waals surface area contributed by atoms with E-state index in [1.165, 1.54) is 0 Å². The second kappa shape index (κ2) is 6.50. The van der Waals surface area contributed by atoms with Crippen LogP contribution in [0.2, 0.25) is 5.02 Å².